The molecule has 0 radical (unpaired) electrons. The van der Waals surface area contributed by atoms with E-state index in [1.807, 2.05) is 49.4 Å². The zero-order chi connectivity index (χ0) is 15.0. The average Bonchev–Trinajstić information content (AvgIpc) is 2.80. The second kappa shape index (κ2) is 5.54. The number of rotatable bonds is 2. The van der Waals surface area contributed by atoms with Gasteiger partial charge in [-0.05, 0) is 36.2 Å². The van der Waals surface area contributed by atoms with Gasteiger partial charge >= 0.3 is 0 Å². The number of benzene rings is 2. The van der Waals surface area contributed by atoms with Crippen molar-refractivity contribution in [3.8, 4) is 22.5 Å². The number of hydrogen-bond acceptors (Lipinski definition) is 3. The lowest BCUT2D eigenvalue weighted by Gasteiger charge is -2.07. The number of nitrogens with two attached hydrogens (primary N) is 1. The van der Waals surface area contributed by atoms with Crippen molar-refractivity contribution < 1.29 is 4.52 Å². The summed E-state index contributed by atoms with van der Waals surface area (Å²) in [4.78, 5) is 0. The van der Waals surface area contributed by atoms with Crippen LogP contribution in [-0.2, 0) is 0 Å². The maximum Gasteiger partial charge on any atom is 0.177 e. The summed E-state index contributed by atoms with van der Waals surface area (Å²) >= 11 is 9.55. The molecular formula is C16H12BrClN2O. The smallest absolute Gasteiger partial charge is 0.177 e. The fraction of sp³-hybridized carbons (Fsp3) is 0.0625. The topological polar surface area (TPSA) is 52.0 Å². The molecule has 0 spiro atoms. The number of nitrogens with zero attached hydrogens (tertiary/aromatic N) is 1. The minimum atomic E-state index is 0.371. The monoisotopic (exact) mass is 362 g/mol. The van der Waals surface area contributed by atoms with Gasteiger partial charge in [-0.15, -0.1) is 0 Å². The molecule has 2 N–H and O–H groups in total. The molecule has 0 amide bonds. The van der Waals surface area contributed by atoms with Crippen LogP contribution in [0.15, 0.2) is 51.5 Å². The SMILES string of the molecule is Cc1ccccc1-c1c(N)noc1-c1cc(Cl)cc(Br)c1. The summed E-state index contributed by atoms with van der Waals surface area (Å²) < 4.78 is 6.32. The molecule has 5 heteroatoms. The Morgan fingerprint density at radius 3 is 2.67 bits per heavy atom. The zero-order valence-electron chi connectivity index (χ0n) is 11.2. The van der Waals surface area contributed by atoms with Gasteiger partial charge in [-0.2, -0.15) is 0 Å². The lowest BCUT2D eigenvalue weighted by atomic mass is 9.98. The zero-order valence-corrected chi connectivity index (χ0v) is 13.6. The molecule has 3 aromatic rings. The molecule has 1 heterocycles. The molecule has 0 bridgehead atoms. The highest BCUT2D eigenvalue weighted by Crippen LogP contribution is 2.39. The molecule has 0 aliphatic carbocycles. The molecule has 3 nitrogen and oxygen atoms in total. The van der Waals surface area contributed by atoms with Crippen molar-refractivity contribution in [2.24, 2.45) is 0 Å². The summed E-state index contributed by atoms with van der Waals surface area (Å²) in [5, 5.41) is 4.53. The quantitative estimate of drug-likeness (QED) is 0.671. The maximum absolute atomic E-state index is 6.11. The minimum Gasteiger partial charge on any atom is -0.380 e. The first-order valence-electron chi connectivity index (χ1n) is 6.34. The predicted octanol–water partition coefficient (Wildman–Crippen LogP) is 5.32. The Balaban J connectivity index is 2.24. The standard InChI is InChI=1S/C16H12BrClN2O/c1-9-4-2-3-5-13(9)14-15(21-20-16(14)19)10-6-11(17)8-12(18)7-10/h2-8H,1H3,(H2,19,20). The minimum absolute atomic E-state index is 0.371. The van der Waals surface area contributed by atoms with Crippen LogP contribution in [0.25, 0.3) is 22.5 Å². The van der Waals surface area contributed by atoms with Crippen molar-refractivity contribution >= 4 is 33.3 Å². The molecule has 0 saturated carbocycles. The van der Waals surface area contributed by atoms with Crippen LogP contribution in [0.2, 0.25) is 5.02 Å². The molecule has 0 saturated heterocycles. The van der Waals surface area contributed by atoms with E-state index in [1.165, 1.54) is 0 Å². The molecule has 106 valence electrons. The molecule has 2 aromatic carbocycles. The van der Waals surface area contributed by atoms with Gasteiger partial charge in [0.05, 0.1) is 5.56 Å². The highest BCUT2D eigenvalue weighted by molar-refractivity contribution is 9.10. The van der Waals surface area contributed by atoms with E-state index in [-0.39, 0.29) is 0 Å². The van der Waals surface area contributed by atoms with Crippen LogP contribution in [0.1, 0.15) is 5.56 Å². The summed E-state index contributed by atoms with van der Waals surface area (Å²) in [5.41, 5.74) is 9.74. The van der Waals surface area contributed by atoms with Crippen LogP contribution >= 0.6 is 27.5 Å². The second-order valence-electron chi connectivity index (χ2n) is 4.74. The van der Waals surface area contributed by atoms with Gasteiger partial charge in [0, 0.05) is 15.1 Å². The first-order valence-corrected chi connectivity index (χ1v) is 7.51. The Morgan fingerprint density at radius 1 is 1.19 bits per heavy atom. The van der Waals surface area contributed by atoms with Crippen molar-refractivity contribution in [2.75, 3.05) is 5.73 Å². The van der Waals surface area contributed by atoms with Gasteiger partial charge < -0.3 is 10.3 Å². The molecule has 0 aliphatic heterocycles. The fourth-order valence-electron chi connectivity index (χ4n) is 2.30. The van der Waals surface area contributed by atoms with Gasteiger partial charge in [-0.25, -0.2) is 0 Å². The number of anilines is 1. The highest BCUT2D eigenvalue weighted by Gasteiger charge is 2.19. The van der Waals surface area contributed by atoms with E-state index in [2.05, 4.69) is 21.1 Å². The van der Waals surface area contributed by atoms with Crippen LogP contribution in [0, 0.1) is 6.92 Å². The summed E-state index contributed by atoms with van der Waals surface area (Å²) in [7, 11) is 0. The maximum atomic E-state index is 6.11. The molecular weight excluding hydrogens is 352 g/mol. The number of aromatic nitrogens is 1. The van der Waals surface area contributed by atoms with Gasteiger partial charge in [-0.1, -0.05) is 57.0 Å². The van der Waals surface area contributed by atoms with Crippen molar-refractivity contribution in [1.29, 1.82) is 0 Å². The van der Waals surface area contributed by atoms with Crippen molar-refractivity contribution in [1.82, 2.24) is 5.16 Å². The molecule has 1 aromatic heterocycles. The van der Waals surface area contributed by atoms with Crippen LogP contribution < -0.4 is 5.73 Å². The number of nitrogen functional groups attached to an aromatic ring is 1. The van der Waals surface area contributed by atoms with Crippen LogP contribution in [0.4, 0.5) is 5.82 Å². The van der Waals surface area contributed by atoms with E-state index in [4.69, 9.17) is 21.9 Å². The van der Waals surface area contributed by atoms with E-state index in [0.717, 1.165) is 26.7 Å². The molecule has 0 aliphatic rings. The van der Waals surface area contributed by atoms with Gasteiger partial charge in [0.15, 0.2) is 11.6 Å². The highest BCUT2D eigenvalue weighted by atomic mass is 79.9. The summed E-state index contributed by atoms with van der Waals surface area (Å²) in [5.74, 6) is 0.986. The Kier molecular flexibility index (Phi) is 3.74. The van der Waals surface area contributed by atoms with E-state index < -0.39 is 0 Å². The molecule has 0 fully saturated rings. The lowest BCUT2D eigenvalue weighted by molar-refractivity contribution is 0.436. The third-order valence-electron chi connectivity index (χ3n) is 3.26. The summed E-state index contributed by atoms with van der Waals surface area (Å²) in [6.07, 6.45) is 0. The third-order valence-corrected chi connectivity index (χ3v) is 3.93. The fourth-order valence-corrected chi connectivity index (χ4v) is 3.16. The second-order valence-corrected chi connectivity index (χ2v) is 6.10. The average molecular weight is 364 g/mol. The Labute approximate surface area is 135 Å². The third kappa shape index (κ3) is 2.69. The first kappa shape index (κ1) is 14.2. The Hall–Kier alpha value is -1.78. The van der Waals surface area contributed by atoms with E-state index in [1.54, 1.807) is 0 Å². The summed E-state index contributed by atoms with van der Waals surface area (Å²) in [6, 6.07) is 13.5. The molecule has 21 heavy (non-hydrogen) atoms. The summed E-state index contributed by atoms with van der Waals surface area (Å²) in [6.45, 7) is 2.03. The van der Waals surface area contributed by atoms with Crippen LogP contribution in [-0.4, -0.2) is 5.16 Å². The molecule has 0 atom stereocenters. The number of hydrogen-bond donors (Lipinski definition) is 1. The van der Waals surface area contributed by atoms with Gasteiger partial charge in [0.1, 0.15) is 0 Å². The van der Waals surface area contributed by atoms with Crippen molar-refractivity contribution in [2.45, 2.75) is 6.92 Å². The van der Waals surface area contributed by atoms with E-state index in [9.17, 15) is 0 Å². The Bertz CT molecular complexity index is 794. The van der Waals surface area contributed by atoms with Crippen LogP contribution in [0.3, 0.4) is 0 Å². The van der Waals surface area contributed by atoms with Crippen molar-refractivity contribution in [3.05, 3.63) is 57.5 Å². The molecule has 0 unspecified atom stereocenters. The van der Waals surface area contributed by atoms with E-state index >= 15 is 0 Å². The Morgan fingerprint density at radius 2 is 1.95 bits per heavy atom. The number of halogens is 2. The number of aryl methyl sites for hydroxylation is 1. The van der Waals surface area contributed by atoms with E-state index in [0.29, 0.717) is 16.6 Å². The van der Waals surface area contributed by atoms with Gasteiger partial charge in [-0.3, -0.25) is 0 Å². The predicted molar refractivity (Wildman–Crippen MR) is 89.2 cm³/mol. The van der Waals surface area contributed by atoms with Gasteiger partial charge in [0.2, 0.25) is 0 Å². The van der Waals surface area contributed by atoms with Gasteiger partial charge in [0.25, 0.3) is 0 Å². The largest absolute Gasteiger partial charge is 0.380 e. The first-order chi connectivity index (χ1) is 10.1. The van der Waals surface area contributed by atoms with Crippen molar-refractivity contribution in [3.63, 3.8) is 0 Å². The molecule has 3 rings (SSSR count). The lowest BCUT2D eigenvalue weighted by Crippen LogP contribution is -1.91. The normalized spacial score (nSPS) is 10.8. The van der Waals surface area contributed by atoms with Crippen LogP contribution in [0.5, 0.6) is 0 Å².